The number of fused-ring (bicyclic) bond motifs is 3. The molecule has 0 spiro atoms. The Kier molecular flexibility index (Phi) is 6.83. The Balaban J connectivity index is 1.68. The minimum Gasteiger partial charge on any atom is -0.508 e. The molecular formula is C30H34N4O7. The second-order valence-electron chi connectivity index (χ2n) is 11.3. The van der Waals surface area contributed by atoms with Crippen LogP contribution in [0.15, 0.2) is 53.3 Å². The van der Waals surface area contributed by atoms with E-state index >= 15 is 0 Å². The first-order valence-corrected chi connectivity index (χ1v) is 13.3. The number of nitrogens with zero attached hydrogens (tertiary/aromatic N) is 2. The van der Waals surface area contributed by atoms with Gasteiger partial charge in [0.25, 0.3) is 5.91 Å². The number of likely N-dealkylation sites (N-methyl/N-ethyl adjacent to an activating group) is 1. The molecule has 0 bridgehead atoms. The number of carbonyl (C=O) groups is 3. The molecule has 0 radical (unpaired) electrons. The van der Waals surface area contributed by atoms with Crippen LogP contribution in [0.2, 0.25) is 0 Å². The van der Waals surface area contributed by atoms with Crippen LogP contribution in [0.1, 0.15) is 23.1 Å². The highest BCUT2D eigenvalue weighted by atomic mass is 16.3. The minimum atomic E-state index is -2.67. The second kappa shape index (κ2) is 9.93. The predicted molar refractivity (Wildman–Crippen MR) is 152 cm³/mol. The van der Waals surface area contributed by atoms with Crippen molar-refractivity contribution in [2.24, 2.45) is 17.6 Å². The molecule has 0 heterocycles. The molecule has 2 aromatic carbocycles. The van der Waals surface area contributed by atoms with Gasteiger partial charge in [0.05, 0.1) is 11.6 Å². The summed E-state index contributed by atoms with van der Waals surface area (Å²) >= 11 is 0. The predicted octanol–water partition coefficient (Wildman–Crippen LogP) is 1.64. The molecule has 0 aliphatic heterocycles. The number of para-hydroxylation sites is 1. The number of Topliss-reactive ketones (excluding diaryl/α,β-unsaturated/α-hetero) is 2. The standard InChI is InChI=1S/C30H34N4O7/c1-33(2)19-12-15(13-32-16-8-6-5-7-9-16)24(35)21-17(19)10-14-11-18-23(34(3)4)26(37)22(29(31)40)28(39)30(18,41)27(38)20(14)25(21)36/h5-9,12,14,18,23,32,35-36,39,41H,10-11,13H2,1-4H3,(H2,31,40). The molecule has 4 atom stereocenters. The Morgan fingerprint density at radius 2 is 1.76 bits per heavy atom. The number of amides is 1. The maximum absolute atomic E-state index is 14.1. The zero-order chi connectivity index (χ0) is 30.0. The van der Waals surface area contributed by atoms with Crippen molar-refractivity contribution in [2.45, 2.75) is 31.0 Å². The summed E-state index contributed by atoms with van der Waals surface area (Å²) in [6.07, 6.45) is 0.263. The highest BCUT2D eigenvalue weighted by molar-refractivity contribution is 6.24. The van der Waals surface area contributed by atoms with Crippen molar-refractivity contribution < 1.29 is 34.8 Å². The van der Waals surface area contributed by atoms with Crippen molar-refractivity contribution >= 4 is 34.6 Å². The summed E-state index contributed by atoms with van der Waals surface area (Å²) in [5, 5.41) is 49.0. The van der Waals surface area contributed by atoms with Crippen LogP contribution in [0.4, 0.5) is 11.4 Å². The van der Waals surface area contributed by atoms with Gasteiger partial charge in [0.15, 0.2) is 11.4 Å². The Morgan fingerprint density at radius 1 is 1.10 bits per heavy atom. The number of carbonyl (C=O) groups excluding carboxylic acids is 3. The molecule has 41 heavy (non-hydrogen) atoms. The smallest absolute Gasteiger partial charge is 0.255 e. The van der Waals surface area contributed by atoms with E-state index in [1.165, 1.54) is 4.90 Å². The van der Waals surface area contributed by atoms with Crippen molar-refractivity contribution in [2.75, 3.05) is 38.4 Å². The van der Waals surface area contributed by atoms with Gasteiger partial charge in [0.1, 0.15) is 22.8 Å². The zero-order valence-corrected chi connectivity index (χ0v) is 23.3. The third kappa shape index (κ3) is 4.15. The molecule has 4 unspecified atom stereocenters. The van der Waals surface area contributed by atoms with Gasteiger partial charge in [-0.05, 0) is 56.6 Å². The van der Waals surface area contributed by atoms with Crippen molar-refractivity contribution in [3.05, 3.63) is 70.0 Å². The first-order valence-electron chi connectivity index (χ1n) is 13.3. The maximum Gasteiger partial charge on any atom is 0.255 e. The number of aliphatic hydroxyl groups is 3. The zero-order valence-electron chi connectivity index (χ0n) is 23.3. The SMILES string of the molecule is CN(C)c1cc(CNc2ccccc2)c(O)c2c1CC1CC3C(N(C)C)C(=O)C(C(N)=O)=C(O)C3(O)C(=O)C1=C2O. The van der Waals surface area contributed by atoms with Gasteiger partial charge in [-0.15, -0.1) is 0 Å². The van der Waals surface area contributed by atoms with E-state index in [0.29, 0.717) is 11.1 Å². The van der Waals surface area contributed by atoms with Crippen LogP contribution in [0.25, 0.3) is 5.76 Å². The van der Waals surface area contributed by atoms with E-state index in [4.69, 9.17) is 5.73 Å². The molecule has 11 nitrogen and oxygen atoms in total. The molecule has 11 heteroatoms. The van der Waals surface area contributed by atoms with Crippen molar-refractivity contribution in [3.63, 3.8) is 0 Å². The average molecular weight is 563 g/mol. The Morgan fingerprint density at radius 3 is 2.34 bits per heavy atom. The highest BCUT2D eigenvalue weighted by Gasteiger charge is 2.64. The monoisotopic (exact) mass is 562 g/mol. The molecule has 0 saturated heterocycles. The molecule has 5 rings (SSSR count). The summed E-state index contributed by atoms with van der Waals surface area (Å²) in [5.74, 6) is -6.67. The number of hydrogen-bond donors (Lipinski definition) is 6. The molecule has 1 saturated carbocycles. The van der Waals surface area contributed by atoms with Crippen molar-refractivity contribution in [1.82, 2.24) is 4.90 Å². The van der Waals surface area contributed by atoms with Crippen molar-refractivity contribution in [3.8, 4) is 5.75 Å². The molecule has 216 valence electrons. The lowest BCUT2D eigenvalue weighted by atomic mass is 9.57. The second-order valence-corrected chi connectivity index (χ2v) is 11.3. The summed E-state index contributed by atoms with van der Waals surface area (Å²) in [6.45, 7) is 0.216. The maximum atomic E-state index is 14.1. The number of primary amides is 1. The van der Waals surface area contributed by atoms with Crippen molar-refractivity contribution in [1.29, 1.82) is 0 Å². The number of rotatable bonds is 6. The fourth-order valence-corrected chi connectivity index (χ4v) is 6.63. The minimum absolute atomic E-state index is 0.0384. The summed E-state index contributed by atoms with van der Waals surface area (Å²) in [7, 11) is 6.80. The number of nitrogens with two attached hydrogens (primary N) is 1. The molecule has 7 N–H and O–H groups in total. The average Bonchev–Trinajstić information content (AvgIpc) is 2.90. The lowest BCUT2D eigenvalue weighted by Crippen LogP contribution is -2.65. The number of aliphatic hydroxyl groups excluding tert-OH is 2. The molecule has 2 aromatic rings. The molecular weight excluding hydrogens is 528 g/mol. The molecule has 1 fully saturated rings. The number of ketones is 2. The first-order chi connectivity index (χ1) is 19.3. The molecule has 3 aliphatic carbocycles. The van der Waals surface area contributed by atoms with Crippen LogP contribution in [0.3, 0.4) is 0 Å². The summed E-state index contributed by atoms with van der Waals surface area (Å²) in [4.78, 5) is 42.8. The molecule has 0 aromatic heterocycles. The summed E-state index contributed by atoms with van der Waals surface area (Å²) in [5.41, 5.74) is 4.41. The quantitative estimate of drug-likeness (QED) is 0.284. The lowest BCUT2D eigenvalue weighted by Gasteiger charge is -2.50. The van der Waals surface area contributed by atoms with Gasteiger partial charge < -0.3 is 36.4 Å². The van der Waals surface area contributed by atoms with Gasteiger partial charge in [-0.2, -0.15) is 0 Å². The van der Waals surface area contributed by atoms with Crippen LogP contribution in [-0.2, 0) is 27.3 Å². The number of phenolic OH excluding ortho intramolecular Hbond substituents is 1. The lowest BCUT2D eigenvalue weighted by molar-refractivity contribution is -0.153. The molecule has 3 aliphatic rings. The fourth-order valence-electron chi connectivity index (χ4n) is 6.63. The van der Waals surface area contributed by atoms with Gasteiger partial charge in [-0.3, -0.25) is 19.3 Å². The fraction of sp³-hybridized carbons (Fsp3) is 0.367. The summed E-state index contributed by atoms with van der Waals surface area (Å²) < 4.78 is 0. The Hall–Kier alpha value is -4.35. The van der Waals surface area contributed by atoms with E-state index < -0.39 is 58.0 Å². The normalized spacial score (nSPS) is 25.6. The van der Waals surface area contributed by atoms with E-state index in [-0.39, 0.29) is 36.3 Å². The van der Waals surface area contributed by atoms with Crippen LogP contribution in [0, 0.1) is 11.8 Å². The van der Waals surface area contributed by atoms with Gasteiger partial charge in [-0.25, -0.2) is 0 Å². The highest BCUT2D eigenvalue weighted by Crippen LogP contribution is 2.54. The van der Waals surface area contributed by atoms with Crippen LogP contribution >= 0.6 is 0 Å². The number of aromatic hydroxyl groups is 1. The number of hydrogen-bond acceptors (Lipinski definition) is 10. The van der Waals surface area contributed by atoms with Crippen LogP contribution in [0.5, 0.6) is 5.75 Å². The largest absolute Gasteiger partial charge is 0.508 e. The van der Waals surface area contributed by atoms with E-state index in [0.717, 1.165) is 11.4 Å². The number of benzene rings is 2. The number of nitrogens with one attached hydrogen (secondary N) is 1. The summed E-state index contributed by atoms with van der Waals surface area (Å²) in [6, 6.07) is 10.1. The third-order valence-electron chi connectivity index (χ3n) is 8.51. The van der Waals surface area contributed by atoms with E-state index in [1.807, 2.05) is 55.4 Å². The van der Waals surface area contributed by atoms with Gasteiger partial charge in [0, 0.05) is 49.1 Å². The van der Waals surface area contributed by atoms with Crippen LogP contribution < -0.4 is 16.0 Å². The third-order valence-corrected chi connectivity index (χ3v) is 8.51. The first kappa shape index (κ1) is 28.2. The van der Waals surface area contributed by atoms with E-state index in [2.05, 4.69) is 5.32 Å². The van der Waals surface area contributed by atoms with E-state index in [1.54, 1.807) is 14.1 Å². The molecule has 1 amide bonds. The Bertz CT molecular complexity index is 1530. The van der Waals surface area contributed by atoms with Gasteiger partial charge in [-0.1, -0.05) is 18.2 Å². The number of phenols is 1. The number of anilines is 2. The van der Waals surface area contributed by atoms with Gasteiger partial charge >= 0.3 is 0 Å². The topological polar surface area (TPSA) is 177 Å². The van der Waals surface area contributed by atoms with Crippen LogP contribution in [-0.4, -0.2) is 82.6 Å². The van der Waals surface area contributed by atoms with Gasteiger partial charge in [0.2, 0.25) is 5.78 Å². The van der Waals surface area contributed by atoms with E-state index in [9.17, 15) is 34.8 Å². The Labute approximate surface area is 237 Å².